The molecular weight excluding hydrogens is 164 g/mol. The van der Waals surface area contributed by atoms with Gasteiger partial charge in [-0.05, 0) is 18.6 Å². The van der Waals surface area contributed by atoms with Gasteiger partial charge in [-0.2, -0.15) is 0 Å². The van der Waals surface area contributed by atoms with Crippen molar-refractivity contribution in [3.05, 3.63) is 41.7 Å². The smallest absolute Gasteiger partial charge is 0.307 e. The average molecular weight is 176 g/mol. The summed E-state index contributed by atoms with van der Waals surface area (Å²) in [6, 6.07) is 7.95. The molecule has 68 valence electrons. The van der Waals surface area contributed by atoms with Gasteiger partial charge in [0.25, 0.3) is 0 Å². The van der Waals surface area contributed by atoms with Gasteiger partial charge in [-0.3, -0.25) is 4.79 Å². The first-order valence-corrected chi connectivity index (χ1v) is 4.09. The van der Waals surface area contributed by atoms with Crippen molar-refractivity contribution in [2.45, 2.75) is 13.8 Å². The molecule has 0 aliphatic carbocycles. The second-order valence-corrected chi connectivity index (χ2v) is 2.82. The van der Waals surface area contributed by atoms with Crippen LogP contribution in [0.15, 0.2) is 30.5 Å². The van der Waals surface area contributed by atoms with Crippen molar-refractivity contribution in [1.29, 1.82) is 0 Å². The van der Waals surface area contributed by atoms with Gasteiger partial charge < -0.3 is 4.74 Å². The van der Waals surface area contributed by atoms with Gasteiger partial charge in [0.05, 0.1) is 6.26 Å². The highest BCUT2D eigenvalue weighted by Crippen LogP contribution is 2.04. The van der Waals surface area contributed by atoms with Gasteiger partial charge in [0.2, 0.25) is 0 Å². The van der Waals surface area contributed by atoms with Gasteiger partial charge in [0, 0.05) is 6.92 Å². The predicted octanol–water partition coefficient (Wildman–Crippen LogP) is 2.53. The average Bonchev–Trinajstić information content (AvgIpc) is 2.08. The number of benzene rings is 1. The summed E-state index contributed by atoms with van der Waals surface area (Å²) >= 11 is 0. The minimum absolute atomic E-state index is 0.302. The summed E-state index contributed by atoms with van der Waals surface area (Å²) in [5.74, 6) is -0.302. The van der Waals surface area contributed by atoms with E-state index in [1.807, 2.05) is 31.2 Å². The van der Waals surface area contributed by atoms with E-state index in [9.17, 15) is 4.79 Å². The Labute approximate surface area is 77.8 Å². The Morgan fingerprint density at radius 3 is 2.46 bits per heavy atom. The lowest BCUT2D eigenvalue weighted by atomic mass is 10.1. The molecule has 0 bridgehead atoms. The van der Waals surface area contributed by atoms with Crippen LogP contribution in [0.2, 0.25) is 0 Å². The molecule has 0 spiro atoms. The fraction of sp³-hybridized carbons (Fsp3) is 0.182. The number of carbonyl (C=O) groups excluding carboxylic acids is 1. The fourth-order valence-electron chi connectivity index (χ4n) is 0.886. The van der Waals surface area contributed by atoms with Crippen molar-refractivity contribution >= 4 is 12.0 Å². The number of esters is 1. The minimum Gasteiger partial charge on any atom is -0.435 e. The van der Waals surface area contributed by atoms with Gasteiger partial charge >= 0.3 is 5.97 Å². The van der Waals surface area contributed by atoms with E-state index >= 15 is 0 Å². The number of hydrogen-bond acceptors (Lipinski definition) is 2. The molecule has 0 saturated carbocycles. The molecule has 0 heterocycles. The highest BCUT2D eigenvalue weighted by Gasteiger charge is 1.87. The zero-order chi connectivity index (χ0) is 9.68. The zero-order valence-electron chi connectivity index (χ0n) is 7.78. The Morgan fingerprint density at radius 1 is 1.31 bits per heavy atom. The molecule has 0 saturated heterocycles. The third-order valence-electron chi connectivity index (χ3n) is 1.57. The minimum atomic E-state index is -0.302. The molecule has 0 aliphatic rings. The Hall–Kier alpha value is -1.57. The van der Waals surface area contributed by atoms with Crippen molar-refractivity contribution in [3.63, 3.8) is 0 Å². The first-order valence-electron chi connectivity index (χ1n) is 4.09. The van der Waals surface area contributed by atoms with Crippen LogP contribution in [0.3, 0.4) is 0 Å². The molecule has 2 heteroatoms. The highest BCUT2D eigenvalue weighted by atomic mass is 16.5. The topological polar surface area (TPSA) is 26.3 Å². The lowest BCUT2D eigenvalue weighted by Gasteiger charge is -1.94. The van der Waals surface area contributed by atoms with Crippen LogP contribution in [0.1, 0.15) is 18.1 Å². The number of aryl methyl sites for hydroxylation is 1. The van der Waals surface area contributed by atoms with Crippen molar-refractivity contribution in [2.24, 2.45) is 0 Å². The summed E-state index contributed by atoms with van der Waals surface area (Å²) in [6.45, 7) is 3.40. The SMILES string of the molecule is CC(=O)O/C=C\c1ccc(C)cc1. The first-order chi connectivity index (χ1) is 6.18. The van der Waals surface area contributed by atoms with E-state index in [4.69, 9.17) is 0 Å². The number of rotatable bonds is 2. The maximum Gasteiger partial charge on any atom is 0.307 e. The second kappa shape index (κ2) is 4.45. The molecule has 0 unspecified atom stereocenters. The van der Waals surface area contributed by atoms with Crippen LogP contribution in [0, 0.1) is 6.92 Å². The predicted molar refractivity (Wildman–Crippen MR) is 52.0 cm³/mol. The van der Waals surface area contributed by atoms with E-state index in [1.165, 1.54) is 18.7 Å². The summed E-state index contributed by atoms with van der Waals surface area (Å²) in [7, 11) is 0. The molecule has 2 nitrogen and oxygen atoms in total. The molecule has 0 aliphatic heterocycles. The summed E-state index contributed by atoms with van der Waals surface area (Å²) in [6.07, 6.45) is 3.15. The third kappa shape index (κ3) is 3.56. The van der Waals surface area contributed by atoms with Crippen molar-refractivity contribution in [2.75, 3.05) is 0 Å². The highest BCUT2D eigenvalue weighted by molar-refractivity contribution is 5.67. The molecule has 0 aromatic heterocycles. The lowest BCUT2D eigenvalue weighted by molar-refractivity contribution is -0.135. The van der Waals surface area contributed by atoms with E-state index < -0.39 is 0 Å². The Bertz CT molecular complexity index is 309. The van der Waals surface area contributed by atoms with E-state index in [0.29, 0.717) is 0 Å². The number of hydrogen-bond donors (Lipinski definition) is 0. The summed E-state index contributed by atoms with van der Waals surface area (Å²) in [4.78, 5) is 10.4. The van der Waals surface area contributed by atoms with E-state index in [2.05, 4.69) is 4.74 Å². The standard InChI is InChI=1S/C11H12O2/c1-9-3-5-11(6-4-9)7-8-13-10(2)12/h3-8H,1-2H3/b8-7-. The summed E-state index contributed by atoms with van der Waals surface area (Å²) < 4.78 is 4.66. The van der Waals surface area contributed by atoms with Crippen LogP contribution in [-0.4, -0.2) is 5.97 Å². The van der Waals surface area contributed by atoms with Crippen molar-refractivity contribution in [1.82, 2.24) is 0 Å². The molecule has 0 amide bonds. The van der Waals surface area contributed by atoms with Crippen LogP contribution in [0.25, 0.3) is 6.08 Å². The zero-order valence-corrected chi connectivity index (χ0v) is 7.78. The van der Waals surface area contributed by atoms with Crippen molar-refractivity contribution < 1.29 is 9.53 Å². The van der Waals surface area contributed by atoms with Crippen LogP contribution < -0.4 is 0 Å². The van der Waals surface area contributed by atoms with Crippen LogP contribution in [0.4, 0.5) is 0 Å². The molecular formula is C11H12O2. The Morgan fingerprint density at radius 2 is 1.92 bits per heavy atom. The molecule has 0 atom stereocenters. The maximum absolute atomic E-state index is 10.4. The first kappa shape index (κ1) is 9.52. The molecule has 13 heavy (non-hydrogen) atoms. The molecule has 0 radical (unpaired) electrons. The molecule has 1 rings (SSSR count). The number of ether oxygens (including phenoxy) is 1. The van der Waals surface area contributed by atoms with Crippen molar-refractivity contribution in [3.8, 4) is 0 Å². The Balaban J connectivity index is 2.59. The summed E-state index contributed by atoms with van der Waals surface area (Å²) in [5.41, 5.74) is 2.23. The van der Waals surface area contributed by atoms with Gasteiger partial charge in [0.15, 0.2) is 0 Å². The quantitative estimate of drug-likeness (QED) is 0.511. The van der Waals surface area contributed by atoms with Gasteiger partial charge in [-0.25, -0.2) is 0 Å². The Kier molecular flexibility index (Phi) is 3.26. The largest absolute Gasteiger partial charge is 0.435 e. The molecule has 0 fully saturated rings. The van der Waals surface area contributed by atoms with Gasteiger partial charge in [-0.15, -0.1) is 0 Å². The second-order valence-electron chi connectivity index (χ2n) is 2.82. The van der Waals surface area contributed by atoms with Gasteiger partial charge in [0.1, 0.15) is 0 Å². The fourth-order valence-corrected chi connectivity index (χ4v) is 0.886. The third-order valence-corrected chi connectivity index (χ3v) is 1.57. The molecule has 1 aromatic carbocycles. The van der Waals surface area contributed by atoms with Gasteiger partial charge in [-0.1, -0.05) is 29.8 Å². The summed E-state index contributed by atoms with van der Waals surface area (Å²) in [5, 5.41) is 0. The normalized spacial score (nSPS) is 10.3. The molecule has 1 aromatic rings. The lowest BCUT2D eigenvalue weighted by Crippen LogP contribution is -1.89. The maximum atomic E-state index is 10.4. The monoisotopic (exact) mass is 176 g/mol. The molecule has 0 N–H and O–H groups in total. The van der Waals surface area contributed by atoms with Crippen LogP contribution >= 0.6 is 0 Å². The number of carbonyl (C=O) groups is 1. The van der Waals surface area contributed by atoms with E-state index in [-0.39, 0.29) is 5.97 Å². The van der Waals surface area contributed by atoms with E-state index in [0.717, 1.165) is 5.56 Å². The van der Waals surface area contributed by atoms with Crippen LogP contribution in [0.5, 0.6) is 0 Å². The van der Waals surface area contributed by atoms with E-state index in [1.54, 1.807) is 6.08 Å². The van der Waals surface area contributed by atoms with Crippen LogP contribution in [-0.2, 0) is 9.53 Å².